The van der Waals surface area contributed by atoms with Crippen molar-refractivity contribution in [2.45, 2.75) is 18.9 Å². The third-order valence-electron chi connectivity index (χ3n) is 3.47. The van der Waals surface area contributed by atoms with E-state index in [0.29, 0.717) is 22.9 Å². The summed E-state index contributed by atoms with van der Waals surface area (Å²) < 4.78 is 10.5. The Kier molecular flexibility index (Phi) is 4.76. The molecule has 0 aliphatic heterocycles. The largest absolute Gasteiger partial charge is 0.497 e. The van der Waals surface area contributed by atoms with Crippen LogP contribution in [-0.2, 0) is 12.0 Å². The molecule has 1 N–H and O–H groups in total. The minimum absolute atomic E-state index is 0.393. The summed E-state index contributed by atoms with van der Waals surface area (Å²) in [7, 11) is 3.21. The van der Waals surface area contributed by atoms with Crippen LogP contribution in [0.1, 0.15) is 18.1 Å². The van der Waals surface area contributed by atoms with Crippen molar-refractivity contribution in [1.82, 2.24) is 0 Å². The molecule has 0 bridgehead atoms. The van der Waals surface area contributed by atoms with Crippen LogP contribution in [-0.4, -0.2) is 19.3 Å². The van der Waals surface area contributed by atoms with Crippen LogP contribution >= 0.6 is 11.6 Å². The van der Waals surface area contributed by atoms with E-state index in [2.05, 4.69) is 0 Å². The molecule has 0 saturated heterocycles. The molecule has 0 saturated carbocycles. The van der Waals surface area contributed by atoms with E-state index in [1.807, 2.05) is 30.3 Å². The smallest absolute Gasteiger partial charge is 0.122 e. The van der Waals surface area contributed by atoms with Crippen molar-refractivity contribution >= 4 is 11.6 Å². The van der Waals surface area contributed by atoms with Gasteiger partial charge in [0.15, 0.2) is 0 Å². The Morgan fingerprint density at radius 1 is 1.10 bits per heavy atom. The molecule has 3 nitrogen and oxygen atoms in total. The van der Waals surface area contributed by atoms with Crippen LogP contribution in [0.5, 0.6) is 11.5 Å². The van der Waals surface area contributed by atoms with Gasteiger partial charge in [-0.2, -0.15) is 0 Å². The van der Waals surface area contributed by atoms with E-state index in [1.54, 1.807) is 33.3 Å². The fourth-order valence-corrected chi connectivity index (χ4v) is 2.51. The van der Waals surface area contributed by atoms with Gasteiger partial charge in [-0.3, -0.25) is 0 Å². The summed E-state index contributed by atoms with van der Waals surface area (Å²) in [5.41, 5.74) is 0.591. The molecule has 0 fully saturated rings. The Morgan fingerprint density at radius 2 is 1.86 bits per heavy atom. The normalized spacial score (nSPS) is 13.6. The maximum Gasteiger partial charge on any atom is 0.122 e. The maximum absolute atomic E-state index is 10.8. The first kappa shape index (κ1) is 15.7. The van der Waals surface area contributed by atoms with Crippen molar-refractivity contribution in [2.24, 2.45) is 0 Å². The quantitative estimate of drug-likeness (QED) is 0.913. The zero-order valence-electron chi connectivity index (χ0n) is 12.4. The van der Waals surface area contributed by atoms with Gasteiger partial charge < -0.3 is 14.6 Å². The highest BCUT2D eigenvalue weighted by Crippen LogP contribution is 2.32. The van der Waals surface area contributed by atoms with Crippen LogP contribution in [0.3, 0.4) is 0 Å². The minimum atomic E-state index is -1.05. The average Bonchev–Trinajstić information content (AvgIpc) is 2.47. The second-order valence-electron chi connectivity index (χ2n) is 5.14. The maximum atomic E-state index is 10.8. The summed E-state index contributed by atoms with van der Waals surface area (Å²) in [5, 5.41) is 11.4. The van der Waals surface area contributed by atoms with Gasteiger partial charge in [-0.25, -0.2) is 0 Å². The van der Waals surface area contributed by atoms with Crippen LogP contribution in [0.4, 0.5) is 0 Å². The predicted octanol–water partition coefficient (Wildman–Crippen LogP) is 3.81. The van der Waals surface area contributed by atoms with Gasteiger partial charge in [-0.15, -0.1) is 0 Å². The van der Waals surface area contributed by atoms with Crippen LogP contribution in [0.15, 0.2) is 42.5 Å². The van der Waals surface area contributed by atoms with E-state index in [0.717, 1.165) is 11.1 Å². The number of aliphatic hydroxyl groups is 1. The molecule has 21 heavy (non-hydrogen) atoms. The number of rotatable bonds is 5. The zero-order valence-corrected chi connectivity index (χ0v) is 13.1. The molecule has 0 aliphatic rings. The highest BCUT2D eigenvalue weighted by Gasteiger charge is 2.25. The van der Waals surface area contributed by atoms with Crippen LogP contribution < -0.4 is 9.47 Å². The fraction of sp³-hybridized carbons (Fsp3) is 0.294. The molecule has 2 aromatic rings. The summed E-state index contributed by atoms with van der Waals surface area (Å²) in [6.07, 6.45) is 0.393. The third kappa shape index (κ3) is 3.69. The van der Waals surface area contributed by atoms with Crippen molar-refractivity contribution in [3.8, 4) is 11.5 Å². The fourth-order valence-electron chi connectivity index (χ4n) is 2.32. The van der Waals surface area contributed by atoms with E-state index in [1.165, 1.54) is 0 Å². The van der Waals surface area contributed by atoms with E-state index in [9.17, 15) is 5.11 Å². The first-order valence-corrected chi connectivity index (χ1v) is 7.03. The first-order chi connectivity index (χ1) is 9.96. The van der Waals surface area contributed by atoms with Gasteiger partial charge in [0.1, 0.15) is 11.5 Å². The molecule has 0 radical (unpaired) electrons. The molecule has 0 amide bonds. The second kappa shape index (κ2) is 6.37. The van der Waals surface area contributed by atoms with E-state index in [-0.39, 0.29) is 0 Å². The summed E-state index contributed by atoms with van der Waals surface area (Å²) in [5.74, 6) is 1.42. The lowest BCUT2D eigenvalue weighted by molar-refractivity contribution is 0.0567. The standard InChI is InChI=1S/C17H19ClO3/c1-17(19,13-5-4-6-15(10-13)20-2)11-12-9-14(18)7-8-16(12)21-3/h4-10,19H,11H2,1-3H3. The molecular formula is C17H19ClO3. The molecule has 1 atom stereocenters. The summed E-state index contributed by atoms with van der Waals surface area (Å²) in [6, 6.07) is 12.8. The first-order valence-electron chi connectivity index (χ1n) is 6.65. The predicted molar refractivity (Wildman–Crippen MR) is 84.3 cm³/mol. The summed E-state index contributed by atoms with van der Waals surface area (Å²) >= 11 is 6.04. The Bertz CT molecular complexity index is 623. The minimum Gasteiger partial charge on any atom is -0.497 e. The van der Waals surface area contributed by atoms with Crippen molar-refractivity contribution in [3.63, 3.8) is 0 Å². The lowest BCUT2D eigenvalue weighted by Gasteiger charge is -2.25. The molecule has 0 spiro atoms. The van der Waals surface area contributed by atoms with Gasteiger partial charge in [0.25, 0.3) is 0 Å². The van der Waals surface area contributed by atoms with Crippen molar-refractivity contribution in [2.75, 3.05) is 14.2 Å². The lowest BCUT2D eigenvalue weighted by Crippen LogP contribution is -2.24. The summed E-state index contributed by atoms with van der Waals surface area (Å²) in [4.78, 5) is 0. The number of hydrogen-bond acceptors (Lipinski definition) is 3. The zero-order chi connectivity index (χ0) is 15.5. The molecule has 1 unspecified atom stereocenters. The second-order valence-corrected chi connectivity index (χ2v) is 5.58. The average molecular weight is 307 g/mol. The highest BCUT2D eigenvalue weighted by molar-refractivity contribution is 6.30. The Morgan fingerprint density at radius 3 is 2.52 bits per heavy atom. The Labute approximate surface area is 130 Å². The molecule has 4 heteroatoms. The van der Waals surface area contributed by atoms with E-state index < -0.39 is 5.60 Å². The van der Waals surface area contributed by atoms with E-state index >= 15 is 0 Å². The van der Waals surface area contributed by atoms with Gasteiger partial charge in [0, 0.05) is 11.4 Å². The monoisotopic (exact) mass is 306 g/mol. The lowest BCUT2D eigenvalue weighted by atomic mass is 9.88. The van der Waals surface area contributed by atoms with Crippen molar-refractivity contribution in [1.29, 1.82) is 0 Å². The molecule has 2 aromatic carbocycles. The van der Waals surface area contributed by atoms with Crippen LogP contribution in [0.2, 0.25) is 5.02 Å². The molecule has 0 aromatic heterocycles. The van der Waals surface area contributed by atoms with E-state index in [4.69, 9.17) is 21.1 Å². The van der Waals surface area contributed by atoms with Gasteiger partial charge in [-0.05, 0) is 48.4 Å². The van der Waals surface area contributed by atoms with Gasteiger partial charge in [0.05, 0.1) is 19.8 Å². The highest BCUT2D eigenvalue weighted by atomic mass is 35.5. The van der Waals surface area contributed by atoms with Gasteiger partial charge >= 0.3 is 0 Å². The van der Waals surface area contributed by atoms with Gasteiger partial charge in [0.2, 0.25) is 0 Å². The number of methoxy groups -OCH3 is 2. The van der Waals surface area contributed by atoms with Gasteiger partial charge in [-0.1, -0.05) is 23.7 Å². The number of benzene rings is 2. The topological polar surface area (TPSA) is 38.7 Å². The third-order valence-corrected chi connectivity index (χ3v) is 3.70. The molecular weight excluding hydrogens is 288 g/mol. The number of hydrogen-bond donors (Lipinski definition) is 1. The number of halogens is 1. The molecule has 112 valence electrons. The number of ether oxygens (including phenoxy) is 2. The SMILES string of the molecule is COc1cccc(C(C)(O)Cc2cc(Cl)ccc2OC)c1. The summed E-state index contributed by atoms with van der Waals surface area (Å²) in [6.45, 7) is 1.77. The van der Waals surface area contributed by atoms with Crippen LogP contribution in [0.25, 0.3) is 0 Å². The van der Waals surface area contributed by atoms with Crippen molar-refractivity contribution in [3.05, 3.63) is 58.6 Å². The van der Waals surface area contributed by atoms with Crippen molar-refractivity contribution < 1.29 is 14.6 Å². The Hall–Kier alpha value is -1.71. The molecule has 0 aliphatic carbocycles. The Balaban J connectivity index is 2.34. The molecule has 0 heterocycles. The molecule has 2 rings (SSSR count). The van der Waals surface area contributed by atoms with Crippen LogP contribution in [0, 0.1) is 0 Å².